The molecule has 1 aliphatic rings. The molecule has 1 rings (SSSR count). The summed E-state index contributed by atoms with van der Waals surface area (Å²) in [5, 5.41) is 0. The summed E-state index contributed by atoms with van der Waals surface area (Å²) in [6.45, 7) is 1.43. The minimum atomic E-state index is -0.269. The van der Waals surface area contributed by atoms with Crippen molar-refractivity contribution < 1.29 is 9.53 Å². The lowest BCUT2D eigenvalue weighted by Gasteiger charge is -2.30. The highest BCUT2D eigenvalue weighted by atomic mass is 79.9. The Hall–Kier alpha value is 0.240. The topological polar surface area (TPSA) is 26.3 Å². The Labute approximate surface area is 98.5 Å². The molecular formula is C10H16BrClO2. The standard InChI is InChI=1S/C10H16BrClO2/c1-7(13)14-9(10(11)12)8-5-3-2-4-6-8/h8-10H,2-6H2,1H3. The average Bonchev–Trinajstić information content (AvgIpc) is 2.15. The van der Waals surface area contributed by atoms with Crippen LogP contribution in [-0.2, 0) is 9.53 Å². The van der Waals surface area contributed by atoms with Gasteiger partial charge in [0.25, 0.3) is 0 Å². The molecular weight excluding hydrogens is 267 g/mol. The first-order valence-electron chi connectivity index (χ1n) is 5.06. The van der Waals surface area contributed by atoms with Gasteiger partial charge in [-0.3, -0.25) is 4.79 Å². The first kappa shape index (κ1) is 12.3. The van der Waals surface area contributed by atoms with Crippen LogP contribution in [-0.4, -0.2) is 16.4 Å². The maximum absolute atomic E-state index is 10.9. The Morgan fingerprint density at radius 1 is 1.43 bits per heavy atom. The van der Waals surface area contributed by atoms with Crippen LogP contribution in [0.5, 0.6) is 0 Å². The second-order valence-corrected chi connectivity index (χ2v) is 5.79. The molecule has 2 nitrogen and oxygen atoms in total. The summed E-state index contributed by atoms with van der Waals surface area (Å²) >= 11 is 9.25. The van der Waals surface area contributed by atoms with Gasteiger partial charge in [0, 0.05) is 6.92 Å². The summed E-state index contributed by atoms with van der Waals surface area (Å²) in [5.74, 6) is 0.181. The van der Waals surface area contributed by atoms with Crippen molar-refractivity contribution in [2.24, 2.45) is 5.92 Å². The molecule has 1 saturated carbocycles. The number of ether oxygens (including phenoxy) is 1. The fourth-order valence-corrected chi connectivity index (χ4v) is 2.80. The fourth-order valence-electron chi connectivity index (χ4n) is 2.01. The Bertz CT molecular complexity index is 191. The minimum Gasteiger partial charge on any atom is -0.460 e. The highest BCUT2D eigenvalue weighted by Gasteiger charge is 2.30. The van der Waals surface area contributed by atoms with Gasteiger partial charge in [0.1, 0.15) is 10.4 Å². The van der Waals surface area contributed by atoms with Crippen molar-refractivity contribution in [2.75, 3.05) is 0 Å². The normalized spacial score (nSPS) is 22.8. The van der Waals surface area contributed by atoms with Crippen LogP contribution in [0, 0.1) is 5.92 Å². The lowest BCUT2D eigenvalue weighted by molar-refractivity contribution is -0.148. The zero-order valence-electron chi connectivity index (χ0n) is 8.34. The van der Waals surface area contributed by atoms with Crippen molar-refractivity contribution in [3.63, 3.8) is 0 Å². The van der Waals surface area contributed by atoms with E-state index in [9.17, 15) is 4.79 Å². The number of alkyl halides is 2. The molecule has 0 N–H and O–H groups in total. The molecule has 14 heavy (non-hydrogen) atoms. The molecule has 0 aliphatic heterocycles. The molecule has 82 valence electrons. The van der Waals surface area contributed by atoms with Crippen LogP contribution < -0.4 is 0 Å². The van der Waals surface area contributed by atoms with E-state index in [-0.39, 0.29) is 16.4 Å². The van der Waals surface area contributed by atoms with Crippen molar-refractivity contribution in [3.05, 3.63) is 0 Å². The van der Waals surface area contributed by atoms with Crippen molar-refractivity contribution in [1.82, 2.24) is 0 Å². The second kappa shape index (κ2) is 5.96. The molecule has 1 aliphatic carbocycles. The Balaban J connectivity index is 2.51. The van der Waals surface area contributed by atoms with Crippen LogP contribution in [0.25, 0.3) is 0 Å². The van der Waals surface area contributed by atoms with E-state index in [1.807, 2.05) is 0 Å². The number of carbonyl (C=O) groups excluding carboxylic acids is 1. The fraction of sp³-hybridized carbons (Fsp3) is 0.900. The lowest BCUT2D eigenvalue weighted by Crippen LogP contribution is -2.32. The third-order valence-corrected chi connectivity index (χ3v) is 3.43. The molecule has 0 radical (unpaired) electrons. The third kappa shape index (κ3) is 3.77. The zero-order chi connectivity index (χ0) is 10.6. The van der Waals surface area contributed by atoms with Gasteiger partial charge in [-0.15, -0.1) is 11.6 Å². The molecule has 4 heteroatoms. The molecule has 2 atom stereocenters. The molecule has 0 spiro atoms. The van der Waals surface area contributed by atoms with Crippen LogP contribution in [0.1, 0.15) is 39.0 Å². The van der Waals surface area contributed by atoms with Crippen molar-refractivity contribution in [2.45, 2.75) is 49.4 Å². The number of halogens is 2. The van der Waals surface area contributed by atoms with Gasteiger partial charge < -0.3 is 4.74 Å². The second-order valence-electron chi connectivity index (χ2n) is 3.81. The minimum absolute atomic E-state index is 0.172. The number of rotatable bonds is 3. The van der Waals surface area contributed by atoms with Crippen LogP contribution in [0.4, 0.5) is 0 Å². The molecule has 2 unspecified atom stereocenters. The van der Waals surface area contributed by atoms with E-state index >= 15 is 0 Å². The quantitative estimate of drug-likeness (QED) is 0.586. The maximum Gasteiger partial charge on any atom is 0.302 e. The summed E-state index contributed by atoms with van der Waals surface area (Å²) < 4.78 is 4.96. The zero-order valence-corrected chi connectivity index (χ0v) is 10.7. The Kier molecular flexibility index (Phi) is 5.24. The highest BCUT2D eigenvalue weighted by molar-refractivity contribution is 9.10. The molecule has 1 fully saturated rings. The number of hydrogen-bond acceptors (Lipinski definition) is 2. The third-order valence-electron chi connectivity index (χ3n) is 2.66. The van der Waals surface area contributed by atoms with E-state index in [4.69, 9.17) is 16.3 Å². The summed E-state index contributed by atoms with van der Waals surface area (Å²) in [5.41, 5.74) is 0. The highest BCUT2D eigenvalue weighted by Crippen LogP contribution is 2.32. The Morgan fingerprint density at radius 2 is 2.00 bits per heavy atom. The van der Waals surface area contributed by atoms with Gasteiger partial charge in [-0.05, 0) is 18.8 Å². The van der Waals surface area contributed by atoms with Crippen molar-refractivity contribution >= 4 is 33.5 Å². The predicted molar refractivity (Wildman–Crippen MR) is 60.7 cm³/mol. The monoisotopic (exact) mass is 282 g/mol. The van der Waals surface area contributed by atoms with Crippen LogP contribution >= 0.6 is 27.5 Å². The van der Waals surface area contributed by atoms with Crippen molar-refractivity contribution in [1.29, 1.82) is 0 Å². The maximum atomic E-state index is 10.9. The van der Waals surface area contributed by atoms with Crippen LogP contribution in [0.15, 0.2) is 0 Å². The molecule has 0 amide bonds. The summed E-state index contributed by atoms with van der Waals surface area (Å²) in [6.07, 6.45) is 5.80. The molecule has 0 saturated heterocycles. The first-order valence-corrected chi connectivity index (χ1v) is 6.42. The van der Waals surface area contributed by atoms with E-state index in [1.54, 1.807) is 0 Å². The van der Waals surface area contributed by atoms with Crippen LogP contribution in [0.3, 0.4) is 0 Å². The SMILES string of the molecule is CC(=O)OC(C(Cl)Br)C1CCCCC1. The number of hydrogen-bond donors (Lipinski definition) is 0. The summed E-state index contributed by atoms with van der Waals surface area (Å²) in [7, 11) is 0. The van der Waals surface area contributed by atoms with Gasteiger partial charge in [0.05, 0.1) is 0 Å². The van der Waals surface area contributed by atoms with Gasteiger partial charge >= 0.3 is 5.97 Å². The molecule has 0 heterocycles. The summed E-state index contributed by atoms with van der Waals surface area (Å²) in [4.78, 5) is 10.9. The molecule has 0 bridgehead atoms. The average molecular weight is 284 g/mol. The lowest BCUT2D eigenvalue weighted by atomic mass is 9.86. The van der Waals surface area contributed by atoms with E-state index in [1.165, 1.54) is 26.2 Å². The van der Waals surface area contributed by atoms with Gasteiger partial charge in [-0.2, -0.15) is 0 Å². The van der Waals surface area contributed by atoms with E-state index in [2.05, 4.69) is 15.9 Å². The number of esters is 1. The van der Waals surface area contributed by atoms with Gasteiger partial charge in [0.15, 0.2) is 0 Å². The molecule has 0 aromatic heterocycles. The predicted octanol–water partition coefficient (Wildman–Crippen LogP) is 3.46. The van der Waals surface area contributed by atoms with E-state index < -0.39 is 0 Å². The van der Waals surface area contributed by atoms with Gasteiger partial charge in [0.2, 0.25) is 0 Å². The molecule has 0 aromatic carbocycles. The Morgan fingerprint density at radius 3 is 2.43 bits per heavy atom. The summed E-state index contributed by atoms with van der Waals surface area (Å²) in [6, 6.07) is 0. The number of carbonyl (C=O) groups is 1. The largest absolute Gasteiger partial charge is 0.460 e. The van der Waals surface area contributed by atoms with Crippen LogP contribution in [0.2, 0.25) is 0 Å². The van der Waals surface area contributed by atoms with E-state index in [0.29, 0.717) is 5.92 Å². The smallest absolute Gasteiger partial charge is 0.302 e. The van der Waals surface area contributed by atoms with E-state index in [0.717, 1.165) is 12.8 Å². The first-order chi connectivity index (χ1) is 6.61. The van der Waals surface area contributed by atoms with Crippen molar-refractivity contribution in [3.8, 4) is 0 Å². The van der Waals surface area contributed by atoms with Gasteiger partial charge in [-0.25, -0.2) is 0 Å². The van der Waals surface area contributed by atoms with Gasteiger partial charge in [-0.1, -0.05) is 35.2 Å². The molecule has 0 aromatic rings.